The predicted molar refractivity (Wildman–Crippen MR) is 73.6 cm³/mol. The molecule has 1 aromatic heterocycles. The number of hydrogen-bond acceptors (Lipinski definition) is 3. The SMILES string of the molecule is CC(C)c1csc(C(N)c2ccc(F)c(C(F)(F)F)c2)n1. The summed E-state index contributed by atoms with van der Waals surface area (Å²) in [4.78, 5) is 4.32. The van der Waals surface area contributed by atoms with Crippen molar-refractivity contribution in [3.8, 4) is 0 Å². The van der Waals surface area contributed by atoms with Crippen LogP contribution in [-0.2, 0) is 6.18 Å². The Bertz CT molecular complexity index is 634. The third-order valence-electron chi connectivity index (χ3n) is 3.05. The van der Waals surface area contributed by atoms with Gasteiger partial charge in [0.05, 0.1) is 17.3 Å². The molecule has 1 heterocycles. The summed E-state index contributed by atoms with van der Waals surface area (Å²) in [5.74, 6) is -1.10. The van der Waals surface area contributed by atoms with E-state index in [0.717, 1.165) is 17.8 Å². The first kappa shape index (κ1) is 15.9. The number of benzene rings is 1. The van der Waals surface area contributed by atoms with Crippen LogP contribution in [-0.4, -0.2) is 4.98 Å². The second kappa shape index (κ2) is 5.73. The fraction of sp³-hybridized carbons (Fsp3) is 0.357. The molecule has 2 rings (SSSR count). The van der Waals surface area contributed by atoms with Crippen LogP contribution in [0.3, 0.4) is 0 Å². The Morgan fingerprint density at radius 3 is 2.43 bits per heavy atom. The number of hydrogen-bond donors (Lipinski definition) is 1. The van der Waals surface area contributed by atoms with Gasteiger partial charge in [-0.3, -0.25) is 0 Å². The lowest BCUT2D eigenvalue weighted by molar-refractivity contribution is -0.140. The van der Waals surface area contributed by atoms with Crippen LogP contribution in [0.25, 0.3) is 0 Å². The van der Waals surface area contributed by atoms with Crippen LogP contribution in [0.5, 0.6) is 0 Å². The van der Waals surface area contributed by atoms with Gasteiger partial charge in [-0.25, -0.2) is 9.37 Å². The van der Waals surface area contributed by atoms with Gasteiger partial charge < -0.3 is 5.73 Å². The summed E-state index contributed by atoms with van der Waals surface area (Å²) < 4.78 is 51.4. The molecule has 114 valence electrons. The molecule has 0 saturated heterocycles. The fourth-order valence-corrected chi connectivity index (χ4v) is 2.81. The van der Waals surface area contributed by atoms with Crippen molar-refractivity contribution in [3.05, 3.63) is 51.2 Å². The number of aromatic nitrogens is 1. The molecule has 0 saturated carbocycles. The van der Waals surface area contributed by atoms with Gasteiger partial charge >= 0.3 is 6.18 Å². The maximum Gasteiger partial charge on any atom is 0.419 e. The summed E-state index contributed by atoms with van der Waals surface area (Å²) in [5, 5.41) is 2.34. The van der Waals surface area contributed by atoms with Crippen molar-refractivity contribution in [2.45, 2.75) is 32.0 Å². The monoisotopic (exact) mass is 318 g/mol. The highest BCUT2D eigenvalue weighted by atomic mass is 32.1. The number of halogens is 4. The van der Waals surface area contributed by atoms with Crippen LogP contribution in [0.4, 0.5) is 17.6 Å². The van der Waals surface area contributed by atoms with Crippen molar-refractivity contribution in [3.63, 3.8) is 0 Å². The quantitative estimate of drug-likeness (QED) is 0.848. The summed E-state index contributed by atoms with van der Waals surface area (Å²) >= 11 is 1.29. The van der Waals surface area contributed by atoms with Crippen molar-refractivity contribution in [2.75, 3.05) is 0 Å². The molecule has 0 radical (unpaired) electrons. The van der Waals surface area contributed by atoms with Crippen molar-refractivity contribution >= 4 is 11.3 Å². The standard InChI is InChI=1S/C14H14F4N2S/c1-7(2)11-6-21-13(20-11)12(19)8-3-4-10(15)9(5-8)14(16,17)18/h3-7,12H,19H2,1-2H3. The fourth-order valence-electron chi connectivity index (χ4n) is 1.80. The molecule has 21 heavy (non-hydrogen) atoms. The summed E-state index contributed by atoms with van der Waals surface area (Å²) in [7, 11) is 0. The van der Waals surface area contributed by atoms with E-state index < -0.39 is 23.6 Å². The lowest BCUT2D eigenvalue weighted by Crippen LogP contribution is -2.15. The van der Waals surface area contributed by atoms with Crippen LogP contribution in [0.15, 0.2) is 23.6 Å². The minimum atomic E-state index is -4.74. The van der Waals surface area contributed by atoms with E-state index in [-0.39, 0.29) is 11.5 Å². The predicted octanol–water partition coefficient (Wildman–Crippen LogP) is 4.47. The number of alkyl halides is 3. The zero-order valence-corrected chi connectivity index (χ0v) is 12.2. The van der Waals surface area contributed by atoms with Crippen LogP contribution in [0, 0.1) is 5.82 Å². The van der Waals surface area contributed by atoms with Gasteiger partial charge in [0.1, 0.15) is 10.8 Å². The normalized spacial score (nSPS) is 13.7. The zero-order chi connectivity index (χ0) is 15.8. The van der Waals surface area contributed by atoms with Gasteiger partial charge in [0.15, 0.2) is 0 Å². The highest BCUT2D eigenvalue weighted by molar-refractivity contribution is 7.09. The number of nitrogens with two attached hydrogens (primary N) is 1. The molecule has 2 aromatic rings. The van der Waals surface area contributed by atoms with E-state index in [4.69, 9.17) is 5.73 Å². The lowest BCUT2D eigenvalue weighted by atomic mass is 10.0. The minimum absolute atomic E-state index is 0.188. The summed E-state index contributed by atoms with van der Waals surface area (Å²) in [6, 6.07) is 1.99. The Balaban J connectivity index is 2.37. The second-order valence-electron chi connectivity index (χ2n) is 4.98. The first-order valence-electron chi connectivity index (χ1n) is 6.27. The average molecular weight is 318 g/mol. The van der Waals surface area contributed by atoms with Crippen molar-refractivity contribution in [1.29, 1.82) is 0 Å². The molecule has 0 bridgehead atoms. The highest BCUT2D eigenvalue weighted by Gasteiger charge is 2.34. The maximum atomic E-state index is 13.3. The average Bonchev–Trinajstić information content (AvgIpc) is 2.86. The molecule has 0 aliphatic rings. The Hall–Kier alpha value is -1.47. The van der Waals surface area contributed by atoms with Gasteiger partial charge in [-0.05, 0) is 23.6 Å². The largest absolute Gasteiger partial charge is 0.419 e. The van der Waals surface area contributed by atoms with Crippen molar-refractivity contribution in [2.24, 2.45) is 5.73 Å². The van der Waals surface area contributed by atoms with Crippen molar-refractivity contribution in [1.82, 2.24) is 4.98 Å². The molecule has 2 nitrogen and oxygen atoms in total. The Kier molecular flexibility index (Phi) is 4.34. The molecule has 0 spiro atoms. The van der Waals surface area contributed by atoms with Gasteiger partial charge in [0.25, 0.3) is 0 Å². The summed E-state index contributed by atoms with van der Waals surface area (Å²) in [6.07, 6.45) is -4.74. The zero-order valence-electron chi connectivity index (χ0n) is 11.4. The lowest BCUT2D eigenvalue weighted by Gasteiger charge is -2.13. The van der Waals surface area contributed by atoms with E-state index in [9.17, 15) is 17.6 Å². The van der Waals surface area contributed by atoms with Crippen LogP contribution < -0.4 is 5.73 Å². The van der Waals surface area contributed by atoms with E-state index >= 15 is 0 Å². The third-order valence-corrected chi connectivity index (χ3v) is 4.00. The molecule has 0 aliphatic heterocycles. The topological polar surface area (TPSA) is 38.9 Å². The van der Waals surface area contributed by atoms with E-state index in [0.29, 0.717) is 5.01 Å². The molecule has 1 aromatic carbocycles. The Labute approximate surface area is 123 Å². The molecule has 0 aliphatic carbocycles. The number of rotatable bonds is 3. The Morgan fingerprint density at radius 1 is 1.24 bits per heavy atom. The molecule has 2 N–H and O–H groups in total. The highest BCUT2D eigenvalue weighted by Crippen LogP contribution is 2.34. The molecule has 0 amide bonds. The van der Waals surface area contributed by atoms with Crippen LogP contribution >= 0.6 is 11.3 Å². The molecule has 1 atom stereocenters. The van der Waals surface area contributed by atoms with E-state index in [1.54, 1.807) is 0 Å². The van der Waals surface area contributed by atoms with E-state index in [1.165, 1.54) is 17.4 Å². The molecule has 7 heteroatoms. The number of thiazole rings is 1. The maximum absolute atomic E-state index is 13.3. The molecule has 0 fully saturated rings. The first-order valence-corrected chi connectivity index (χ1v) is 7.15. The van der Waals surface area contributed by atoms with E-state index in [2.05, 4.69) is 4.98 Å². The van der Waals surface area contributed by atoms with Crippen LogP contribution in [0.2, 0.25) is 0 Å². The number of nitrogens with zero attached hydrogens (tertiary/aromatic N) is 1. The van der Waals surface area contributed by atoms with Crippen molar-refractivity contribution < 1.29 is 17.6 Å². The first-order chi connectivity index (χ1) is 9.70. The summed E-state index contributed by atoms with van der Waals surface area (Å²) in [6.45, 7) is 3.92. The van der Waals surface area contributed by atoms with Gasteiger partial charge in [0.2, 0.25) is 0 Å². The van der Waals surface area contributed by atoms with Gasteiger partial charge in [-0.2, -0.15) is 13.2 Å². The molecular weight excluding hydrogens is 304 g/mol. The van der Waals surface area contributed by atoms with Gasteiger partial charge in [-0.15, -0.1) is 11.3 Å². The minimum Gasteiger partial charge on any atom is -0.318 e. The second-order valence-corrected chi connectivity index (χ2v) is 5.87. The Morgan fingerprint density at radius 2 is 1.90 bits per heavy atom. The molecular formula is C14H14F4N2S. The summed E-state index contributed by atoms with van der Waals surface area (Å²) in [5.41, 5.74) is 5.67. The van der Waals surface area contributed by atoms with Gasteiger partial charge in [-0.1, -0.05) is 19.9 Å². The smallest absolute Gasteiger partial charge is 0.318 e. The third kappa shape index (κ3) is 3.41. The van der Waals surface area contributed by atoms with E-state index in [1.807, 2.05) is 19.2 Å². The van der Waals surface area contributed by atoms with Gasteiger partial charge in [0, 0.05) is 5.38 Å². The molecule has 1 unspecified atom stereocenters. The van der Waals surface area contributed by atoms with Crippen LogP contribution in [0.1, 0.15) is 47.6 Å².